The van der Waals surface area contributed by atoms with E-state index in [1.807, 2.05) is 0 Å². The third-order valence-corrected chi connectivity index (χ3v) is 5.13. The molecule has 0 saturated heterocycles. The first-order chi connectivity index (χ1) is 12.5. The van der Waals surface area contributed by atoms with Crippen molar-refractivity contribution < 1.29 is 9.72 Å². The zero-order valence-corrected chi connectivity index (χ0v) is 14.9. The smallest absolute Gasteiger partial charge is 0.293 e. The Bertz CT molecular complexity index is 1030. The molecule has 1 heterocycles. The fraction of sp³-hybridized carbons (Fsp3) is 0.176. The van der Waals surface area contributed by atoms with Crippen molar-refractivity contribution in [2.75, 3.05) is 10.6 Å². The van der Waals surface area contributed by atoms with Crippen LogP contribution in [-0.4, -0.2) is 21.9 Å². The maximum Gasteiger partial charge on any atom is 0.293 e. The van der Waals surface area contributed by atoms with Gasteiger partial charge in [-0.25, -0.2) is 4.98 Å². The highest BCUT2D eigenvalue weighted by molar-refractivity contribution is 7.22. The monoisotopic (exact) mass is 388 g/mol. The minimum atomic E-state index is -0.485. The van der Waals surface area contributed by atoms with Gasteiger partial charge >= 0.3 is 0 Å². The number of amides is 1. The Labute approximate surface area is 157 Å². The van der Waals surface area contributed by atoms with E-state index >= 15 is 0 Å². The number of carbonyl (C=O) groups excluding carboxylic acids is 1. The number of fused-ring (bicyclic) bond motifs is 1. The molecule has 7 nitrogen and oxygen atoms in total. The third-order valence-electron chi connectivity index (χ3n) is 3.96. The Balaban J connectivity index is 1.58. The molecule has 3 aromatic rings. The van der Waals surface area contributed by atoms with Gasteiger partial charge in [-0.15, -0.1) is 0 Å². The summed E-state index contributed by atoms with van der Waals surface area (Å²) in [4.78, 5) is 27.6. The molecule has 9 heteroatoms. The number of anilines is 2. The van der Waals surface area contributed by atoms with Gasteiger partial charge in [-0.2, -0.15) is 0 Å². The van der Waals surface area contributed by atoms with Crippen molar-refractivity contribution in [2.24, 2.45) is 0 Å². The predicted molar refractivity (Wildman–Crippen MR) is 102 cm³/mol. The van der Waals surface area contributed by atoms with E-state index in [1.165, 1.54) is 17.4 Å². The molecule has 2 aromatic carbocycles. The normalized spacial score (nSPS) is 13.6. The van der Waals surface area contributed by atoms with Crippen molar-refractivity contribution in [3.8, 4) is 0 Å². The number of thiazole rings is 1. The first-order valence-corrected chi connectivity index (χ1v) is 9.11. The van der Waals surface area contributed by atoms with E-state index in [0.717, 1.165) is 23.1 Å². The first kappa shape index (κ1) is 16.7. The van der Waals surface area contributed by atoms with Gasteiger partial charge in [0.2, 0.25) is 0 Å². The molecule has 4 rings (SSSR count). The van der Waals surface area contributed by atoms with Crippen molar-refractivity contribution in [1.82, 2.24) is 4.98 Å². The van der Waals surface area contributed by atoms with Crippen molar-refractivity contribution >= 4 is 55.6 Å². The van der Waals surface area contributed by atoms with Crippen LogP contribution in [0.5, 0.6) is 0 Å². The Hall–Kier alpha value is -2.71. The van der Waals surface area contributed by atoms with Crippen LogP contribution in [0.1, 0.15) is 23.2 Å². The molecule has 1 fully saturated rings. The minimum absolute atomic E-state index is 0.111. The summed E-state index contributed by atoms with van der Waals surface area (Å²) < 4.78 is 0.850. The number of rotatable bonds is 5. The zero-order chi connectivity index (χ0) is 18.3. The van der Waals surface area contributed by atoms with Gasteiger partial charge in [-0.1, -0.05) is 22.9 Å². The molecule has 0 atom stereocenters. The van der Waals surface area contributed by atoms with E-state index in [2.05, 4.69) is 15.6 Å². The number of carbonyl (C=O) groups is 1. The average Bonchev–Trinajstić information content (AvgIpc) is 3.33. The Morgan fingerprint density at radius 2 is 2.08 bits per heavy atom. The van der Waals surface area contributed by atoms with E-state index in [-0.39, 0.29) is 17.3 Å². The van der Waals surface area contributed by atoms with Crippen molar-refractivity contribution in [2.45, 2.75) is 18.9 Å². The third kappa shape index (κ3) is 3.47. The van der Waals surface area contributed by atoms with E-state index in [9.17, 15) is 14.9 Å². The van der Waals surface area contributed by atoms with Crippen LogP contribution in [0.4, 0.5) is 16.5 Å². The first-order valence-electron chi connectivity index (χ1n) is 7.92. The Kier molecular flexibility index (Phi) is 4.21. The molecule has 1 aliphatic carbocycles. The highest BCUT2D eigenvalue weighted by atomic mass is 35.5. The summed E-state index contributed by atoms with van der Waals surface area (Å²) in [5, 5.41) is 18.1. The number of nitro groups is 1. The molecule has 1 saturated carbocycles. The summed E-state index contributed by atoms with van der Waals surface area (Å²) in [6.45, 7) is 0. The lowest BCUT2D eigenvalue weighted by atomic mass is 10.1. The molecular formula is C17H13ClN4O3S. The fourth-order valence-corrected chi connectivity index (χ4v) is 3.65. The van der Waals surface area contributed by atoms with Crippen LogP contribution >= 0.6 is 22.9 Å². The second-order valence-electron chi connectivity index (χ2n) is 5.99. The van der Waals surface area contributed by atoms with E-state index < -0.39 is 10.8 Å². The molecule has 0 spiro atoms. The summed E-state index contributed by atoms with van der Waals surface area (Å²) >= 11 is 7.24. The van der Waals surface area contributed by atoms with Crippen molar-refractivity contribution in [3.05, 3.63) is 57.1 Å². The van der Waals surface area contributed by atoms with Gasteiger partial charge < -0.3 is 5.32 Å². The summed E-state index contributed by atoms with van der Waals surface area (Å²) in [6.07, 6.45) is 2.00. The highest BCUT2D eigenvalue weighted by Crippen LogP contribution is 2.32. The molecule has 1 aliphatic rings. The van der Waals surface area contributed by atoms with Gasteiger partial charge in [-0.3, -0.25) is 20.2 Å². The van der Waals surface area contributed by atoms with E-state index in [1.54, 1.807) is 30.3 Å². The van der Waals surface area contributed by atoms with Crippen LogP contribution in [0.15, 0.2) is 36.4 Å². The fourth-order valence-electron chi connectivity index (χ4n) is 2.51. The van der Waals surface area contributed by atoms with Crippen LogP contribution in [0, 0.1) is 10.1 Å². The molecule has 132 valence electrons. The van der Waals surface area contributed by atoms with E-state index in [0.29, 0.717) is 15.8 Å². The van der Waals surface area contributed by atoms with Gasteiger partial charge in [-0.05, 0) is 43.2 Å². The summed E-state index contributed by atoms with van der Waals surface area (Å²) in [5.74, 6) is -0.448. The molecule has 1 amide bonds. The standard InChI is InChI=1S/C17H13ClN4O3S/c18-10-2-6-13-15(8-10)26-17(20-13)21-16(23)9-1-5-12(19-11-3-4-11)14(7-9)22(24)25/h1-2,5-8,11,19H,3-4H2,(H,20,21,23). The number of hydrogen-bond donors (Lipinski definition) is 2. The maximum atomic E-state index is 12.5. The molecule has 0 radical (unpaired) electrons. The average molecular weight is 389 g/mol. The van der Waals surface area contributed by atoms with Crippen LogP contribution in [0.2, 0.25) is 5.02 Å². The summed E-state index contributed by atoms with van der Waals surface area (Å²) in [6, 6.07) is 9.97. The quantitative estimate of drug-likeness (QED) is 0.488. The van der Waals surface area contributed by atoms with E-state index in [4.69, 9.17) is 11.6 Å². The molecule has 2 N–H and O–H groups in total. The predicted octanol–water partition coefficient (Wildman–Crippen LogP) is 4.68. The maximum absolute atomic E-state index is 12.5. The zero-order valence-electron chi connectivity index (χ0n) is 13.4. The topological polar surface area (TPSA) is 97.2 Å². The van der Waals surface area contributed by atoms with Crippen molar-refractivity contribution in [1.29, 1.82) is 0 Å². The lowest BCUT2D eigenvalue weighted by Gasteiger charge is -2.07. The van der Waals surface area contributed by atoms with Crippen LogP contribution in [-0.2, 0) is 0 Å². The molecular weight excluding hydrogens is 376 g/mol. The summed E-state index contributed by atoms with van der Waals surface area (Å²) in [7, 11) is 0. The lowest BCUT2D eigenvalue weighted by molar-refractivity contribution is -0.384. The van der Waals surface area contributed by atoms with Gasteiger partial charge in [0.05, 0.1) is 15.1 Å². The SMILES string of the molecule is O=C(Nc1nc2ccc(Cl)cc2s1)c1ccc(NC2CC2)c([N+](=O)[O-])c1. The largest absolute Gasteiger partial charge is 0.377 e. The molecule has 0 aliphatic heterocycles. The number of nitrogens with zero attached hydrogens (tertiary/aromatic N) is 2. The van der Waals surface area contributed by atoms with Gasteiger partial charge in [0, 0.05) is 22.7 Å². The van der Waals surface area contributed by atoms with Crippen LogP contribution < -0.4 is 10.6 Å². The van der Waals surface area contributed by atoms with Gasteiger partial charge in [0.15, 0.2) is 5.13 Å². The highest BCUT2D eigenvalue weighted by Gasteiger charge is 2.25. The minimum Gasteiger partial charge on any atom is -0.377 e. The number of nitro benzene ring substituents is 1. The van der Waals surface area contributed by atoms with Gasteiger partial charge in [0.25, 0.3) is 11.6 Å². The lowest BCUT2D eigenvalue weighted by Crippen LogP contribution is -2.13. The number of benzene rings is 2. The Morgan fingerprint density at radius 3 is 2.81 bits per heavy atom. The summed E-state index contributed by atoms with van der Waals surface area (Å²) in [5.41, 5.74) is 1.25. The van der Waals surface area contributed by atoms with Crippen LogP contribution in [0.3, 0.4) is 0 Å². The Morgan fingerprint density at radius 1 is 1.27 bits per heavy atom. The second kappa shape index (κ2) is 6.54. The number of nitrogens with one attached hydrogen (secondary N) is 2. The van der Waals surface area contributed by atoms with Crippen molar-refractivity contribution in [3.63, 3.8) is 0 Å². The molecule has 0 unspecified atom stereocenters. The molecule has 26 heavy (non-hydrogen) atoms. The second-order valence-corrected chi connectivity index (χ2v) is 7.46. The number of aromatic nitrogens is 1. The molecule has 1 aromatic heterocycles. The molecule has 0 bridgehead atoms. The van der Waals surface area contributed by atoms with Crippen LogP contribution in [0.25, 0.3) is 10.2 Å². The number of halogens is 1. The number of hydrogen-bond acceptors (Lipinski definition) is 6. The van der Waals surface area contributed by atoms with Gasteiger partial charge in [0.1, 0.15) is 5.69 Å².